The Kier molecular flexibility index (Phi) is 5.26. The van der Waals surface area contributed by atoms with Crippen LogP contribution in [-0.4, -0.2) is 31.7 Å². The Morgan fingerprint density at radius 2 is 1.97 bits per heavy atom. The summed E-state index contributed by atoms with van der Waals surface area (Å²) in [6.07, 6.45) is 1.11. The number of anilines is 1. The number of ether oxygens (including phenoxy) is 1. The molecule has 3 rings (SSSR count). The number of benzene rings is 2. The van der Waals surface area contributed by atoms with Crippen molar-refractivity contribution >= 4 is 23.3 Å². The first-order valence-corrected chi connectivity index (χ1v) is 8.35. The number of carboxylic acids is 1. The van der Waals surface area contributed by atoms with E-state index < -0.39 is 16.8 Å². The zero-order valence-electron chi connectivity index (χ0n) is 15.4. The van der Waals surface area contributed by atoms with Crippen LogP contribution >= 0.6 is 0 Å². The number of nitrogens with one attached hydrogen (secondary N) is 1. The van der Waals surface area contributed by atoms with Gasteiger partial charge in [-0.2, -0.15) is 5.10 Å². The van der Waals surface area contributed by atoms with Gasteiger partial charge >= 0.3 is 5.97 Å². The average molecular weight is 396 g/mol. The number of rotatable bonds is 6. The maximum Gasteiger partial charge on any atom is 0.354 e. The highest BCUT2D eigenvalue weighted by Gasteiger charge is 2.22. The number of aryl methyl sites for hydroxylation is 2. The number of nitro groups is 1. The Hall–Kier alpha value is -4.21. The quantitative estimate of drug-likeness (QED) is 0.481. The van der Waals surface area contributed by atoms with Crippen molar-refractivity contribution in [3.8, 4) is 11.5 Å². The molecule has 29 heavy (non-hydrogen) atoms. The summed E-state index contributed by atoms with van der Waals surface area (Å²) in [6, 6.07) is 10.9. The highest BCUT2D eigenvalue weighted by molar-refractivity contribution is 6.10. The summed E-state index contributed by atoms with van der Waals surface area (Å²) in [7, 11) is 1.39. The molecule has 10 heteroatoms. The molecule has 148 valence electrons. The topological polar surface area (TPSA) is 137 Å². The van der Waals surface area contributed by atoms with E-state index in [1.54, 1.807) is 18.2 Å². The Morgan fingerprint density at radius 3 is 2.62 bits per heavy atom. The highest BCUT2D eigenvalue weighted by atomic mass is 16.6. The van der Waals surface area contributed by atoms with Crippen molar-refractivity contribution in [1.82, 2.24) is 9.78 Å². The van der Waals surface area contributed by atoms with E-state index in [0.29, 0.717) is 5.75 Å². The van der Waals surface area contributed by atoms with Gasteiger partial charge < -0.3 is 15.2 Å². The van der Waals surface area contributed by atoms with Gasteiger partial charge in [0.25, 0.3) is 11.6 Å². The third kappa shape index (κ3) is 4.38. The van der Waals surface area contributed by atoms with E-state index in [4.69, 9.17) is 4.74 Å². The van der Waals surface area contributed by atoms with Gasteiger partial charge in [-0.15, -0.1) is 0 Å². The van der Waals surface area contributed by atoms with E-state index >= 15 is 0 Å². The van der Waals surface area contributed by atoms with Crippen LogP contribution in [0.3, 0.4) is 0 Å². The molecule has 10 nitrogen and oxygen atoms in total. The summed E-state index contributed by atoms with van der Waals surface area (Å²) < 4.78 is 6.73. The van der Waals surface area contributed by atoms with Gasteiger partial charge in [0.2, 0.25) is 0 Å². The predicted octanol–water partition coefficient (Wildman–Crippen LogP) is 3.38. The molecule has 0 saturated carbocycles. The van der Waals surface area contributed by atoms with Gasteiger partial charge in [-0.3, -0.25) is 19.6 Å². The van der Waals surface area contributed by atoms with Gasteiger partial charge in [0, 0.05) is 19.2 Å². The molecular formula is C19H16N4O6. The van der Waals surface area contributed by atoms with E-state index in [-0.39, 0.29) is 28.4 Å². The average Bonchev–Trinajstić information content (AvgIpc) is 3.03. The summed E-state index contributed by atoms with van der Waals surface area (Å²) in [6.45, 7) is 1.87. The molecule has 0 bridgehead atoms. The van der Waals surface area contributed by atoms with Crippen LogP contribution in [0.5, 0.6) is 11.5 Å². The normalized spacial score (nSPS) is 10.4. The lowest BCUT2D eigenvalue weighted by Crippen LogP contribution is -2.17. The monoisotopic (exact) mass is 396 g/mol. The molecule has 0 saturated heterocycles. The fourth-order valence-corrected chi connectivity index (χ4v) is 2.69. The molecule has 1 heterocycles. The first kappa shape index (κ1) is 19.5. The summed E-state index contributed by atoms with van der Waals surface area (Å²) >= 11 is 0. The van der Waals surface area contributed by atoms with Crippen molar-refractivity contribution in [1.29, 1.82) is 0 Å². The minimum Gasteiger partial charge on any atom is -0.477 e. The number of non-ortho nitro benzene ring substituents is 1. The lowest BCUT2D eigenvalue weighted by Gasteiger charge is -2.10. The number of hydrogen-bond donors (Lipinski definition) is 2. The highest BCUT2D eigenvalue weighted by Crippen LogP contribution is 2.30. The number of carbonyl (C=O) groups is 2. The molecule has 0 aliphatic rings. The van der Waals surface area contributed by atoms with Crippen molar-refractivity contribution in [2.24, 2.45) is 7.05 Å². The maximum atomic E-state index is 12.5. The molecule has 2 aromatic carbocycles. The molecule has 0 unspecified atom stereocenters. The van der Waals surface area contributed by atoms with E-state index in [9.17, 15) is 24.8 Å². The first-order chi connectivity index (χ1) is 13.7. The second-order valence-corrected chi connectivity index (χ2v) is 6.18. The number of carbonyl (C=O) groups excluding carboxylic acids is 1. The van der Waals surface area contributed by atoms with E-state index in [1.807, 2.05) is 13.0 Å². The molecule has 3 aromatic rings. The molecule has 0 radical (unpaired) electrons. The van der Waals surface area contributed by atoms with Crippen LogP contribution in [0.2, 0.25) is 0 Å². The van der Waals surface area contributed by atoms with E-state index in [0.717, 1.165) is 22.5 Å². The van der Waals surface area contributed by atoms with Crippen molar-refractivity contribution in [2.75, 3.05) is 5.32 Å². The molecule has 0 fully saturated rings. The minimum atomic E-state index is -1.32. The zero-order chi connectivity index (χ0) is 21.1. The Bertz CT molecular complexity index is 1120. The lowest BCUT2D eigenvalue weighted by molar-refractivity contribution is -0.384. The third-order valence-electron chi connectivity index (χ3n) is 3.97. The molecule has 0 aliphatic carbocycles. The standard InChI is InChI=1S/C19H16N4O6/c1-11-4-3-5-14(6-11)29-15-8-12(7-13(9-15)23(27)28)21-18(24)16-10-20-22(2)17(16)19(25)26/h3-10H,1-2H3,(H,21,24)(H,25,26). The lowest BCUT2D eigenvalue weighted by atomic mass is 10.2. The summed E-state index contributed by atoms with van der Waals surface area (Å²) in [5.74, 6) is -1.47. The number of amides is 1. The van der Waals surface area contributed by atoms with Crippen molar-refractivity contribution in [3.05, 3.63) is 75.6 Å². The number of hydrogen-bond acceptors (Lipinski definition) is 6. The van der Waals surface area contributed by atoms with Gasteiger partial charge in [0.1, 0.15) is 11.5 Å². The smallest absolute Gasteiger partial charge is 0.354 e. The van der Waals surface area contributed by atoms with Gasteiger partial charge in [-0.05, 0) is 24.6 Å². The molecular weight excluding hydrogens is 380 g/mol. The van der Waals surface area contributed by atoms with Crippen molar-refractivity contribution in [3.63, 3.8) is 0 Å². The first-order valence-electron chi connectivity index (χ1n) is 8.35. The second-order valence-electron chi connectivity index (χ2n) is 6.18. The summed E-state index contributed by atoms with van der Waals surface area (Å²) in [5, 5.41) is 26.7. The molecule has 0 atom stereocenters. The van der Waals surface area contributed by atoms with Gasteiger partial charge in [-0.25, -0.2) is 4.79 Å². The fraction of sp³-hybridized carbons (Fsp3) is 0.105. The van der Waals surface area contributed by atoms with Crippen LogP contribution in [0.1, 0.15) is 26.4 Å². The summed E-state index contributed by atoms with van der Waals surface area (Å²) in [5.41, 5.74) is 0.248. The number of carboxylic acid groups (broad SMARTS) is 1. The minimum absolute atomic E-state index is 0.0760. The maximum absolute atomic E-state index is 12.5. The van der Waals surface area contributed by atoms with Crippen molar-refractivity contribution in [2.45, 2.75) is 6.92 Å². The van der Waals surface area contributed by atoms with Crippen LogP contribution in [0.25, 0.3) is 0 Å². The van der Waals surface area contributed by atoms with E-state index in [1.165, 1.54) is 19.2 Å². The van der Waals surface area contributed by atoms with Gasteiger partial charge in [0.05, 0.1) is 28.4 Å². The van der Waals surface area contributed by atoms with Gasteiger partial charge in [-0.1, -0.05) is 12.1 Å². The number of nitro benzene ring substituents is 1. The third-order valence-corrected chi connectivity index (χ3v) is 3.97. The molecule has 0 spiro atoms. The largest absolute Gasteiger partial charge is 0.477 e. The van der Waals surface area contributed by atoms with Crippen molar-refractivity contribution < 1.29 is 24.4 Å². The van der Waals surface area contributed by atoms with Gasteiger partial charge in [0.15, 0.2) is 5.69 Å². The second kappa shape index (κ2) is 7.80. The van der Waals surface area contributed by atoms with E-state index in [2.05, 4.69) is 10.4 Å². The molecule has 2 N–H and O–H groups in total. The SMILES string of the molecule is Cc1cccc(Oc2cc(NC(=O)c3cnn(C)c3C(=O)O)cc([N+](=O)[O-])c2)c1. The molecule has 1 amide bonds. The number of nitrogens with zero attached hydrogens (tertiary/aromatic N) is 3. The van der Waals surface area contributed by atoms with Crippen LogP contribution in [0.15, 0.2) is 48.7 Å². The van der Waals surface area contributed by atoms with Crippen LogP contribution < -0.4 is 10.1 Å². The Balaban J connectivity index is 1.92. The Morgan fingerprint density at radius 1 is 1.21 bits per heavy atom. The fourth-order valence-electron chi connectivity index (χ4n) is 2.69. The van der Waals surface area contributed by atoms with Crippen LogP contribution in [0.4, 0.5) is 11.4 Å². The van der Waals surface area contributed by atoms with Crippen LogP contribution in [0, 0.1) is 17.0 Å². The van der Waals surface area contributed by atoms with Crippen LogP contribution in [-0.2, 0) is 7.05 Å². The number of aromatic carboxylic acids is 1. The Labute approximate surface area is 164 Å². The molecule has 0 aliphatic heterocycles. The predicted molar refractivity (Wildman–Crippen MR) is 102 cm³/mol. The molecule has 1 aromatic heterocycles. The zero-order valence-corrected chi connectivity index (χ0v) is 15.4. The summed E-state index contributed by atoms with van der Waals surface area (Å²) in [4.78, 5) is 34.5. The number of aromatic nitrogens is 2.